The first kappa shape index (κ1) is 13.1. The molecule has 0 fully saturated rings. The molecule has 0 heterocycles. The third kappa shape index (κ3) is 2.75. The van der Waals surface area contributed by atoms with Gasteiger partial charge in [-0.1, -0.05) is 11.6 Å². The van der Waals surface area contributed by atoms with Crippen molar-refractivity contribution in [3.63, 3.8) is 0 Å². The third-order valence-electron chi connectivity index (χ3n) is 2.33. The van der Waals surface area contributed by atoms with Gasteiger partial charge in [0.05, 0.1) is 22.3 Å². The van der Waals surface area contributed by atoms with Crippen molar-refractivity contribution in [3.05, 3.63) is 52.6 Å². The average molecular weight is 281 g/mol. The van der Waals surface area contributed by atoms with E-state index in [-0.39, 0.29) is 22.2 Å². The number of nitrogen functional groups attached to an aromatic ring is 1. The number of ether oxygens (including phenoxy) is 1. The lowest BCUT2D eigenvalue weighted by Crippen LogP contribution is -1.96. The zero-order chi connectivity index (χ0) is 14.0. The Morgan fingerprint density at radius 1 is 1.11 bits per heavy atom. The highest BCUT2D eigenvalue weighted by Crippen LogP contribution is 2.32. The van der Waals surface area contributed by atoms with Crippen LogP contribution in [-0.2, 0) is 0 Å². The number of halogens is 3. The second kappa shape index (κ2) is 5.12. The summed E-state index contributed by atoms with van der Waals surface area (Å²) in [4.78, 5) is 0. The lowest BCUT2D eigenvalue weighted by atomic mass is 10.2. The summed E-state index contributed by atoms with van der Waals surface area (Å²) in [6.45, 7) is 0. The SMILES string of the molecule is N#Cc1ccc(Oc2cc(F)c(N)cc2F)c(Cl)c1. The monoisotopic (exact) mass is 280 g/mol. The summed E-state index contributed by atoms with van der Waals surface area (Å²) in [7, 11) is 0. The topological polar surface area (TPSA) is 59.0 Å². The number of anilines is 1. The molecule has 0 saturated heterocycles. The van der Waals surface area contributed by atoms with Gasteiger partial charge < -0.3 is 10.5 Å². The highest BCUT2D eigenvalue weighted by molar-refractivity contribution is 6.32. The van der Waals surface area contributed by atoms with E-state index in [1.54, 1.807) is 0 Å². The maximum Gasteiger partial charge on any atom is 0.167 e. The molecule has 0 aliphatic heterocycles. The van der Waals surface area contributed by atoms with Gasteiger partial charge in [-0.2, -0.15) is 5.26 Å². The molecule has 2 N–H and O–H groups in total. The third-order valence-corrected chi connectivity index (χ3v) is 2.63. The maximum atomic E-state index is 13.5. The Morgan fingerprint density at radius 3 is 2.47 bits per heavy atom. The van der Waals surface area contributed by atoms with Crippen LogP contribution < -0.4 is 10.5 Å². The van der Waals surface area contributed by atoms with Crippen LogP contribution in [0.2, 0.25) is 5.02 Å². The number of rotatable bonds is 2. The van der Waals surface area contributed by atoms with Gasteiger partial charge in [-0.3, -0.25) is 0 Å². The number of nitrogens with two attached hydrogens (primary N) is 1. The second-order valence-electron chi connectivity index (χ2n) is 3.66. The number of benzene rings is 2. The van der Waals surface area contributed by atoms with E-state index < -0.39 is 11.6 Å². The van der Waals surface area contributed by atoms with Crippen molar-refractivity contribution >= 4 is 17.3 Å². The van der Waals surface area contributed by atoms with E-state index in [2.05, 4.69) is 0 Å². The van der Waals surface area contributed by atoms with Crippen LogP contribution in [0.5, 0.6) is 11.5 Å². The fourth-order valence-corrected chi connectivity index (χ4v) is 1.61. The molecule has 3 nitrogen and oxygen atoms in total. The Kier molecular flexibility index (Phi) is 3.54. The Labute approximate surface area is 112 Å². The van der Waals surface area contributed by atoms with E-state index in [4.69, 9.17) is 27.3 Å². The molecule has 0 aromatic heterocycles. The number of hydrogen-bond donors (Lipinski definition) is 1. The highest BCUT2D eigenvalue weighted by atomic mass is 35.5. The molecule has 2 aromatic carbocycles. The van der Waals surface area contributed by atoms with Gasteiger partial charge in [0.25, 0.3) is 0 Å². The molecule has 0 aliphatic carbocycles. The van der Waals surface area contributed by atoms with Gasteiger partial charge in [0, 0.05) is 12.1 Å². The van der Waals surface area contributed by atoms with Gasteiger partial charge in [-0.05, 0) is 18.2 Å². The van der Waals surface area contributed by atoms with Crippen molar-refractivity contribution in [2.24, 2.45) is 0 Å². The van der Waals surface area contributed by atoms with Crippen LogP contribution in [0.4, 0.5) is 14.5 Å². The zero-order valence-electron chi connectivity index (χ0n) is 9.45. The normalized spacial score (nSPS) is 10.0. The number of nitrogens with zero attached hydrogens (tertiary/aromatic N) is 1. The molecular formula is C13H7ClF2N2O. The van der Waals surface area contributed by atoms with Crippen LogP contribution in [0.1, 0.15) is 5.56 Å². The van der Waals surface area contributed by atoms with E-state index in [1.165, 1.54) is 18.2 Å². The van der Waals surface area contributed by atoms with E-state index in [1.807, 2.05) is 6.07 Å². The minimum atomic E-state index is -0.806. The summed E-state index contributed by atoms with van der Waals surface area (Å²) in [5.74, 6) is -1.82. The molecule has 6 heteroatoms. The fraction of sp³-hybridized carbons (Fsp3) is 0. The lowest BCUT2D eigenvalue weighted by molar-refractivity contribution is 0.437. The summed E-state index contributed by atoms with van der Waals surface area (Å²) in [6.07, 6.45) is 0. The van der Waals surface area contributed by atoms with Crippen LogP contribution in [0.25, 0.3) is 0 Å². The van der Waals surface area contributed by atoms with Gasteiger partial charge in [0.1, 0.15) is 11.6 Å². The highest BCUT2D eigenvalue weighted by Gasteiger charge is 2.12. The first-order valence-corrected chi connectivity index (χ1v) is 5.51. The van der Waals surface area contributed by atoms with E-state index >= 15 is 0 Å². The first-order chi connectivity index (χ1) is 9.01. The van der Waals surface area contributed by atoms with Crippen LogP contribution in [-0.4, -0.2) is 0 Å². The smallest absolute Gasteiger partial charge is 0.167 e. The number of hydrogen-bond acceptors (Lipinski definition) is 3. The lowest BCUT2D eigenvalue weighted by Gasteiger charge is -2.09. The predicted molar refractivity (Wildman–Crippen MR) is 67.0 cm³/mol. The minimum Gasteiger partial charge on any atom is -0.453 e. The molecule has 0 bridgehead atoms. The Morgan fingerprint density at radius 2 is 1.84 bits per heavy atom. The molecule has 19 heavy (non-hydrogen) atoms. The van der Waals surface area contributed by atoms with Crippen molar-refractivity contribution in [1.82, 2.24) is 0 Å². The van der Waals surface area contributed by atoms with Crippen molar-refractivity contribution in [1.29, 1.82) is 5.26 Å². The molecule has 0 saturated carbocycles. The Hall–Kier alpha value is -2.32. The summed E-state index contributed by atoms with van der Waals surface area (Å²) in [5.41, 5.74) is 5.24. The minimum absolute atomic E-state index is 0.115. The molecule has 96 valence electrons. The largest absolute Gasteiger partial charge is 0.453 e. The summed E-state index contributed by atoms with van der Waals surface area (Å²) in [5, 5.41) is 8.80. The Balaban J connectivity index is 2.37. The van der Waals surface area contributed by atoms with Crippen molar-refractivity contribution < 1.29 is 13.5 Å². The maximum absolute atomic E-state index is 13.5. The van der Waals surface area contributed by atoms with Gasteiger partial charge in [0.2, 0.25) is 0 Å². The van der Waals surface area contributed by atoms with Crippen molar-refractivity contribution in [3.8, 4) is 17.6 Å². The van der Waals surface area contributed by atoms with Crippen LogP contribution in [0.3, 0.4) is 0 Å². The second-order valence-corrected chi connectivity index (χ2v) is 4.07. The molecule has 0 unspecified atom stereocenters. The molecule has 2 rings (SSSR count). The summed E-state index contributed by atoms with van der Waals surface area (Å²) >= 11 is 5.86. The van der Waals surface area contributed by atoms with Crippen molar-refractivity contribution in [2.75, 3.05) is 5.73 Å². The quantitative estimate of drug-likeness (QED) is 0.850. The fourth-order valence-electron chi connectivity index (χ4n) is 1.39. The standard InChI is InChI=1S/C13H7ClF2N2O/c14-8-3-7(6-17)1-2-12(8)19-13-5-9(15)11(18)4-10(13)16/h1-5H,18H2. The van der Waals surface area contributed by atoms with Gasteiger partial charge >= 0.3 is 0 Å². The molecule has 0 spiro atoms. The van der Waals surface area contributed by atoms with Gasteiger partial charge in [-0.15, -0.1) is 0 Å². The van der Waals surface area contributed by atoms with E-state index in [0.717, 1.165) is 12.1 Å². The zero-order valence-corrected chi connectivity index (χ0v) is 10.2. The molecule has 0 aliphatic rings. The molecule has 0 amide bonds. The molecule has 0 radical (unpaired) electrons. The summed E-state index contributed by atoms with van der Waals surface area (Å²) in [6, 6.07) is 7.76. The molecular weight excluding hydrogens is 274 g/mol. The van der Waals surface area contributed by atoms with E-state index in [0.29, 0.717) is 5.56 Å². The molecule has 0 atom stereocenters. The van der Waals surface area contributed by atoms with Gasteiger partial charge in [0.15, 0.2) is 11.6 Å². The first-order valence-electron chi connectivity index (χ1n) is 5.13. The van der Waals surface area contributed by atoms with Crippen LogP contribution in [0.15, 0.2) is 30.3 Å². The molecule has 2 aromatic rings. The van der Waals surface area contributed by atoms with Crippen molar-refractivity contribution in [2.45, 2.75) is 0 Å². The van der Waals surface area contributed by atoms with Crippen LogP contribution >= 0.6 is 11.6 Å². The Bertz CT molecular complexity index is 683. The van der Waals surface area contributed by atoms with Gasteiger partial charge in [-0.25, -0.2) is 8.78 Å². The summed E-state index contributed by atoms with van der Waals surface area (Å²) < 4.78 is 31.9. The average Bonchev–Trinajstić information content (AvgIpc) is 2.38. The predicted octanol–water partition coefficient (Wildman–Crippen LogP) is 3.86. The van der Waals surface area contributed by atoms with Crippen LogP contribution in [0, 0.1) is 23.0 Å². The van der Waals surface area contributed by atoms with E-state index in [9.17, 15) is 8.78 Å². The number of nitriles is 1.